The van der Waals surface area contributed by atoms with Gasteiger partial charge < -0.3 is 4.90 Å². The van der Waals surface area contributed by atoms with E-state index in [9.17, 15) is 0 Å². The Morgan fingerprint density at radius 3 is 3.00 bits per heavy atom. The zero-order chi connectivity index (χ0) is 8.55. The van der Waals surface area contributed by atoms with Crippen molar-refractivity contribution < 1.29 is 0 Å². The maximum absolute atomic E-state index is 4.23. The molecule has 0 atom stereocenters. The maximum atomic E-state index is 4.23. The van der Waals surface area contributed by atoms with Crippen molar-refractivity contribution in [2.45, 2.75) is 0 Å². The van der Waals surface area contributed by atoms with Crippen molar-refractivity contribution in [1.29, 1.82) is 0 Å². The van der Waals surface area contributed by atoms with Gasteiger partial charge in [-0.15, -0.1) is 0 Å². The minimum absolute atomic E-state index is 0.921. The van der Waals surface area contributed by atoms with Gasteiger partial charge in [-0.05, 0) is 6.07 Å². The SMILES string of the molecule is CN(C)c1nccc2cn[nH]c12. The number of aromatic amines is 1. The molecule has 0 aliphatic heterocycles. The number of nitrogens with zero attached hydrogens (tertiary/aromatic N) is 3. The largest absolute Gasteiger partial charge is 0.361 e. The molecule has 0 aromatic carbocycles. The van der Waals surface area contributed by atoms with E-state index in [4.69, 9.17) is 0 Å². The van der Waals surface area contributed by atoms with Gasteiger partial charge in [-0.2, -0.15) is 5.10 Å². The van der Waals surface area contributed by atoms with Crippen LogP contribution in [0.1, 0.15) is 0 Å². The molecule has 62 valence electrons. The van der Waals surface area contributed by atoms with Crippen LogP contribution < -0.4 is 4.90 Å². The lowest BCUT2D eigenvalue weighted by atomic mass is 10.3. The number of rotatable bonds is 1. The van der Waals surface area contributed by atoms with E-state index >= 15 is 0 Å². The molecule has 0 fully saturated rings. The molecule has 0 bridgehead atoms. The smallest absolute Gasteiger partial charge is 0.154 e. The average molecular weight is 162 g/mol. The molecule has 2 rings (SSSR count). The number of nitrogens with one attached hydrogen (secondary N) is 1. The fourth-order valence-electron chi connectivity index (χ4n) is 1.19. The Morgan fingerprint density at radius 1 is 1.42 bits per heavy atom. The van der Waals surface area contributed by atoms with Crippen LogP contribution in [0, 0.1) is 0 Å². The molecule has 4 heteroatoms. The Balaban J connectivity index is 2.73. The topological polar surface area (TPSA) is 44.8 Å². The number of anilines is 1. The normalized spacial score (nSPS) is 10.5. The van der Waals surface area contributed by atoms with Crippen LogP contribution in [0.15, 0.2) is 18.5 Å². The van der Waals surface area contributed by atoms with Crippen molar-refractivity contribution in [2.75, 3.05) is 19.0 Å². The summed E-state index contributed by atoms with van der Waals surface area (Å²) in [5, 5.41) is 7.96. The number of pyridine rings is 1. The summed E-state index contributed by atoms with van der Waals surface area (Å²) in [4.78, 5) is 6.19. The highest BCUT2D eigenvalue weighted by Gasteiger charge is 2.04. The second kappa shape index (κ2) is 2.48. The van der Waals surface area contributed by atoms with E-state index in [1.165, 1.54) is 0 Å². The van der Waals surface area contributed by atoms with Gasteiger partial charge >= 0.3 is 0 Å². The van der Waals surface area contributed by atoms with Crippen LogP contribution in [-0.4, -0.2) is 29.3 Å². The molecular weight excluding hydrogens is 152 g/mol. The van der Waals surface area contributed by atoms with Gasteiger partial charge in [-0.1, -0.05) is 0 Å². The summed E-state index contributed by atoms with van der Waals surface area (Å²) < 4.78 is 0. The van der Waals surface area contributed by atoms with E-state index in [0.29, 0.717) is 0 Å². The molecule has 1 N–H and O–H groups in total. The fraction of sp³-hybridized carbons (Fsp3) is 0.250. The minimum atomic E-state index is 0.921. The molecule has 2 aromatic rings. The Kier molecular flexibility index (Phi) is 1.46. The van der Waals surface area contributed by atoms with Gasteiger partial charge in [0.15, 0.2) is 5.82 Å². The highest BCUT2D eigenvalue weighted by Crippen LogP contribution is 2.18. The van der Waals surface area contributed by atoms with Gasteiger partial charge in [0, 0.05) is 25.7 Å². The van der Waals surface area contributed by atoms with Crippen molar-refractivity contribution in [3.8, 4) is 0 Å². The zero-order valence-corrected chi connectivity index (χ0v) is 7.07. The lowest BCUT2D eigenvalue weighted by Crippen LogP contribution is -2.10. The summed E-state index contributed by atoms with van der Waals surface area (Å²) in [7, 11) is 3.92. The Labute approximate surface area is 70.2 Å². The molecule has 0 aliphatic rings. The molecule has 4 nitrogen and oxygen atoms in total. The van der Waals surface area contributed by atoms with Gasteiger partial charge in [-0.25, -0.2) is 4.98 Å². The van der Waals surface area contributed by atoms with Crippen molar-refractivity contribution >= 4 is 16.7 Å². The first-order valence-electron chi connectivity index (χ1n) is 3.74. The second-order valence-electron chi connectivity index (χ2n) is 2.86. The van der Waals surface area contributed by atoms with Crippen molar-refractivity contribution in [2.24, 2.45) is 0 Å². The molecular formula is C8H10N4. The highest BCUT2D eigenvalue weighted by atomic mass is 15.2. The molecule has 12 heavy (non-hydrogen) atoms. The van der Waals surface area contributed by atoms with Crippen LogP contribution in [-0.2, 0) is 0 Å². The van der Waals surface area contributed by atoms with Crippen LogP contribution in [0.4, 0.5) is 5.82 Å². The Morgan fingerprint density at radius 2 is 2.25 bits per heavy atom. The van der Waals surface area contributed by atoms with Crippen molar-refractivity contribution in [1.82, 2.24) is 15.2 Å². The average Bonchev–Trinajstić information content (AvgIpc) is 2.49. The van der Waals surface area contributed by atoms with Crippen molar-refractivity contribution in [3.05, 3.63) is 18.5 Å². The third kappa shape index (κ3) is 0.922. The summed E-state index contributed by atoms with van der Waals surface area (Å²) in [6, 6.07) is 1.94. The Hall–Kier alpha value is -1.58. The summed E-state index contributed by atoms with van der Waals surface area (Å²) in [5.74, 6) is 0.921. The zero-order valence-electron chi connectivity index (χ0n) is 7.07. The lowest BCUT2D eigenvalue weighted by molar-refractivity contribution is 1.06. The van der Waals surface area contributed by atoms with Crippen LogP contribution >= 0.6 is 0 Å². The minimum Gasteiger partial charge on any atom is -0.361 e. The number of H-pyrrole nitrogens is 1. The number of hydrogen-bond donors (Lipinski definition) is 1. The lowest BCUT2D eigenvalue weighted by Gasteiger charge is -2.10. The van der Waals surface area contributed by atoms with Crippen LogP contribution in [0.2, 0.25) is 0 Å². The molecule has 0 spiro atoms. The maximum Gasteiger partial charge on any atom is 0.154 e. The second-order valence-corrected chi connectivity index (χ2v) is 2.86. The van der Waals surface area contributed by atoms with E-state index in [1.54, 1.807) is 12.4 Å². The summed E-state index contributed by atoms with van der Waals surface area (Å²) >= 11 is 0. The first-order chi connectivity index (χ1) is 5.79. The molecule has 0 amide bonds. The van der Waals surface area contributed by atoms with Gasteiger partial charge in [0.2, 0.25) is 0 Å². The molecule has 0 radical (unpaired) electrons. The van der Waals surface area contributed by atoms with Gasteiger partial charge in [0.25, 0.3) is 0 Å². The summed E-state index contributed by atoms with van der Waals surface area (Å²) in [6.45, 7) is 0. The van der Waals surface area contributed by atoms with Gasteiger partial charge in [-0.3, -0.25) is 5.10 Å². The highest BCUT2D eigenvalue weighted by molar-refractivity contribution is 5.87. The van der Waals surface area contributed by atoms with E-state index < -0.39 is 0 Å². The number of fused-ring (bicyclic) bond motifs is 1. The third-order valence-corrected chi connectivity index (χ3v) is 1.77. The standard InChI is InChI=1S/C8H10N4/c1-12(2)8-7-6(3-4-9-8)5-10-11-7/h3-5H,1-2H3,(H,10,11). The summed E-state index contributed by atoms with van der Waals surface area (Å²) in [5.41, 5.74) is 0.988. The van der Waals surface area contributed by atoms with Gasteiger partial charge in [0.1, 0.15) is 5.52 Å². The molecule has 2 heterocycles. The number of hydrogen-bond acceptors (Lipinski definition) is 3. The van der Waals surface area contributed by atoms with E-state index in [0.717, 1.165) is 16.7 Å². The number of aromatic nitrogens is 3. The third-order valence-electron chi connectivity index (χ3n) is 1.77. The monoisotopic (exact) mass is 162 g/mol. The molecule has 0 unspecified atom stereocenters. The van der Waals surface area contributed by atoms with Crippen LogP contribution in [0.5, 0.6) is 0 Å². The molecule has 0 aliphatic carbocycles. The first kappa shape index (κ1) is 7.09. The molecule has 0 saturated heterocycles. The molecule has 0 saturated carbocycles. The van der Waals surface area contributed by atoms with E-state index in [2.05, 4.69) is 15.2 Å². The van der Waals surface area contributed by atoms with Gasteiger partial charge in [0.05, 0.1) is 6.20 Å². The Bertz CT molecular complexity index is 391. The van der Waals surface area contributed by atoms with Crippen LogP contribution in [0.3, 0.4) is 0 Å². The molecule has 2 aromatic heterocycles. The van der Waals surface area contributed by atoms with E-state index in [-0.39, 0.29) is 0 Å². The predicted octanol–water partition coefficient (Wildman–Crippen LogP) is 1.02. The van der Waals surface area contributed by atoms with E-state index in [1.807, 2.05) is 25.1 Å². The summed E-state index contributed by atoms with van der Waals surface area (Å²) in [6.07, 6.45) is 3.58. The first-order valence-corrected chi connectivity index (χ1v) is 3.74. The quantitative estimate of drug-likeness (QED) is 0.681. The van der Waals surface area contributed by atoms with Crippen LogP contribution in [0.25, 0.3) is 10.9 Å². The predicted molar refractivity (Wildman–Crippen MR) is 48.2 cm³/mol. The van der Waals surface area contributed by atoms with Crippen molar-refractivity contribution in [3.63, 3.8) is 0 Å². The fourth-order valence-corrected chi connectivity index (χ4v) is 1.19.